The highest BCUT2D eigenvalue weighted by Crippen LogP contribution is 2.32. The van der Waals surface area contributed by atoms with E-state index in [1.807, 2.05) is 0 Å². The van der Waals surface area contributed by atoms with Crippen molar-refractivity contribution in [3.05, 3.63) is 0 Å². The molecule has 1 N–H and O–H groups in total. The molecular weight excluding hydrogens is 260 g/mol. The molecule has 0 atom stereocenters. The molecule has 0 heterocycles. The second-order valence-electron chi connectivity index (χ2n) is 7.03. The largest absolute Gasteiger partial charge is 0.481 e. The van der Waals surface area contributed by atoms with Crippen molar-refractivity contribution in [1.82, 2.24) is 0 Å². The Kier molecular flexibility index (Phi) is 10.6. The fourth-order valence-electron chi connectivity index (χ4n) is 3.62. The normalized spacial score (nSPS) is 22.3. The highest BCUT2D eigenvalue weighted by molar-refractivity contribution is 5.69. The van der Waals surface area contributed by atoms with Gasteiger partial charge in [-0.1, -0.05) is 77.6 Å². The van der Waals surface area contributed by atoms with Crippen molar-refractivity contribution in [2.24, 2.45) is 11.8 Å². The van der Waals surface area contributed by atoms with Crippen LogP contribution in [0.2, 0.25) is 0 Å². The summed E-state index contributed by atoms with van der Waals surface area (Å²) in [4.78, 5) is 10.9. The first kappa shape index (κ1) is 18.5. The number of hydrogen-bond acceptors (Lipinski definition) is 1. The summed E-state index contributed by atoms with van der Waals surface area (Å²) in [6.45, 7) is 2.27. The van der Waals surface area contributed by atoms with Crippen molar-refractivity contribution in [2.45, 2.75) is 103 Å². The Morgan fingerprint density at radius 1 is 0.810 bits per heavy atom. The van der Waals surface area contributed by atoms with Gasteiger partial charge >= 0.3 is 5.97 Å². The fraction of sp³-hybridized carbons (Fsp3) is 0.947. The van der Waals surface area contributed by atoms with E-state index in [0.29, 0.717) is 0 Å². The molecule has 0 aromatic carbocycles. The van der Waals surface area contributed by atoms with E-state index in [9.17, 15) is 4.79 Å². The van der Waals surface area contributed by atoms with Crippen LogP contribution in [0, 0.1) is 11.8 Å². The average Bonchev–Trinajstić information content (AvgIpc) is 2.49. The van der Waals surface area contributed by atoms with Gasteiger partial charge in [0.2, 0.25) is 0 Å². The first-order chi connectivity index (χ1) is 10.2. The molecule has 1 saturated carbocycles. The van der Waals surface area contributed by atoms with Gasteiger partial charge in [-0.3, -0.25) is 4.79 Å². The van der Waals surface area contributed by atoms with Crippen molar-refractivity contribution in [3.8, 4) is 0 Å². The van der Waals surface area contributed by atoms with E-state index in [4.69, 9.17) is 5.11 Å². The van der Waals surface area contributed by atoms with E-state index in [1.165, 1.54) is 70.6 Å². The van der Waals surface area contributed by atoms with Crippen LogP contribution < -0.4 is 0 Å². The molecule has 0 aliphatic heterocycles. The molecule has 124 valence electrons. The number of carboxylic acid groups (broad SMARTS) is 1. The molecule has 0 radical (unpaired) electrons. The van der Waals surface area contributed by atoms with Crippen LogP contribution in [0.3, 0.4) is 0 Å². The number of rotatable bonds is 12. The van der Waals surface area contributed by atoms with Gasteiger partial charge in [0.25, 0.3) is 0 Å². The van der Waals surface area contributed by atoms with Gasteiger partial charge in [-0.15, -0.1) is 0 Å². The van der Waals surface area contributed by atoms with Gasteiger partial charge in [-0.25, -0.2) is 0 Å². The molecule has 1 fully saturated rings. The van der Waals surface area contributed by atoms with Gasteiger partial charge in [-0.2, -0.15) is 0 Å². The SMILES string of the molecule is CCCCCCCCCCCC[C@H]1CC[C@H](C(=O)O)CC1. The number of aliphatic carboxylic acids is 1. The van der Waals surface area contributed by atoms with E-state index >= 15 is 0 Å². The van der Waals surface area contributed by atoms with Crippen LogP contribution in [-0.4, -0.2) is 11.1 Å². The summed E-state index contributed by atoms with van der Waals surface area (Å²) in [7, 11) is 0. The third-order valence-corrected chi connectivity index (χ3v) is 5.16. The zero-order valence-electron chi connectivity index (χ0n) is 14.1. The van der Waals surface area contributed by atoms with Gasteiger partial charge in [0, 0.05) is 0 Å². The smallest absolute Gasteiger partial charge is 0.306 e. The lowest BCUT2D eigenvalue weighted by Crippen LogP contribution is -2.21. The maximum atomic E-state index is 10.9. The lowest BCUT2D eigenvalue weighted by molar-refractivity contribution is -0.143. The zero-order chi connectivity index (χ0) is 15.3. The number of carbonyl (C=O) groups is 1. The average molecular weight is 296 g/mol. The topological polar surface area (TPSA) is 37.3 Å². The van der Waals surface area contributed by atoms with Crippen molar-refractivity contribution in [2.75, 3.05) is 0 Å². The molecule has 1 aliphatic carbocycles. The molecule has 0 aromatic heterocycles. The summed E-state index contributed by atoms with van der Waals surface area (Å²) in [5.74, 6) is 0.191. The van der Waals surface area contributed by atoms with Crippen molar-refractivity contribution < 1.29 is 9.90 Å². The van der Waals surface area contributed by atoms with E-state index in [2.05, 4.69) is 6.92 Å². The highest BCUT2D eigenvalue weighted by Gasteiger charge is 2.25. The predicted octanol–water partition coefficient (Wildman–Crippen LogP) is 6.19. The van der Waals surface area contributed by atoms with Gasteiger partial charge in [0.15, 0.2) is 0 Å². The Morgan fingerprint density at radius 2 is 1.29 bits per heavy atom. The number of unbranched alkanes of at least 4 members (excludes halogenated alkanes) is 9. The summed E-state index contributed by atoms with van der Waals surface area (Å²) in [6, 6.07) is 0. The molecule has 0 aromatic rings. The second kappa shape index (κ2) is 12.1. The molecular formula is C19H36O2. The molecule has 0 unspecified atom stereocenters. The lowest BCUT2D eigenvalue weighted by Gasteiger charge is -2.25. The molecule has 1 aliphatic rings. The van der Waals surface area contributed by atoms with Crippen molar-refractivity contribution in [3.63, 3.8) is 0 Å². The molecule has 0 saturated heterocycles. The summed E-state index contributed by atoms with van der Waals surface area (Å²) in [5, 5.41) is 8.99. The Morgan fingerprint density at radius 3 is 1.76 bits per heavy atom. The zero-order valence-corrected chi connectivity index (χ0v) is 14.1. The minimum Gasteiger partial charge on any atom is -0.481 e. The van der Waals surface area contributed by atoms with Gasteiger partial charge < -0.3 is 5.11 Å². The monoisotopic (exact) mass is 296 g/mol. The summed E-state index contributed by atoms with van der Waals surface area (Å²) in [5.41, 5.74) is 0. The third kappa shape index (κ3) is 9.16. The minimum absolute atomic E-state index is 0.0473. The van der Waals surface area contributed by atoms with Gasteiger partial charge in [-0.05, 0) is 31.6 Å². The molecule has 1 rings (SSSR count). The van der Waals surface area contributed by atoms with Crippen LogP contribution in [0.1, 0.15) is 103 Å². The van der Waals surface area contributed by atoms with Crippen molar-refractivity contribution in [1.29, 1.82) is 0 Å². The van der Waals surface area contributed by atoms with E-state index in [-0.39, 0.29) is 5.92 Å². The van der Waals surface area contributed by atoms with Crippen LogP contribution in [0.25, 0.3) is 0 Å². The minimum atomic E-state index is -0.576. The van der Waals surface area contributed by atoms with Crippen LogP contribution >= 0.6 is 0 Å². The molecule has 0 amide bonds. The maximum Gasteiger partial charge on any atom is 0.306 e. The maximum absolute atomic E-state index is 10.9. The molecule has 2 nitrogen and oxygen atoms in total. The first-order valence-electron chi connectivity index (χ1n) is 9.46. The highest BCUT2D eigenvalue weighted by atomic mass is 16.4. The first-order valence-corrected chi connectivity index (χ1v) is 9.46. The summed E-state index contributed by atoms with van der Waals surface area (Å²) in [6.07, 6.45) is 19.5. The summed E-state index contributed by atoms with van der Waals surface area (Å²) >= 11 is 0. The number of hydrogen-bond donors (Lipinski definition) is 1. The van der Waals surface area contributed by atoms with E-state index in [1.54, 1.807) is 0 Å². The standard InChI is InChI=1S/C19H36O2/c1-2-3-4-5-6-7-8-9-10-11-12-17-13-15-18(16-14-17)19(20)21/h17-18H,2-16H2,1H3,(H,20,21)/t17-,18-. The second-order valence-corrected chi connectivity index (χ2v) is 7.03. The molecule has 2 heteroatoms. The Hall–Kier alpha value is -0.530. The molecule has 21 heavy (non-hydrogen) atoms. The Bertz CT molecular complexity index is 254. The van der Waals surface area contributed by atoms with Gasteiger partial charge in [0.05, 0.1) is 5.92 Å². The fourth-order valence-corrected chi connectivity index (χ4v) is 3.62. The molecule has 0 spiro atoms. The van der Waals surface area contributed by atoms with Crippen LogP contribution in [-0.2, 0) is 4.79 Å². The van der Waals surface area contributed by atoms with Crippen LogP contribution in [0.15, 0.2) is 0 Å². The van der Waals surface area contributed by atoms with Crippen molar-refractivity contribution >= 4 is 5.97 Å². The lowest BCUT2D eigenvalue weighted by atomic mass is 9.80. The van der Waals surface area contributed by atoms with Gasteiger partial charge in [0.1, 0.15) is 0 Å². The molecule has 0 bridgehead atoms. The Labute approximate surface area is 131 Å². The summed E-state index contributed by atoms with van der Waals surface area (Å²) < 4.78 is 0. The van der Waals surface area contributed by atoms with Crippen LogP contribution in [0.5, 0.6) is 0 Å². The predicted molar refractivity (Wildman–Crippen MR) is 89.5 cm³/mol. The Balaban J connectivity index is 1.84. The van der Waals surface area contributed by atoms with Crippen LogP contribution in [0.4, 0.5) is 0 Å². The quantitative estimate of drug-likeness (QED) is 0.436. The van der Waals surface area contributed by atoms with E-state index < -0.39 is 5.97 Å². The number of carboxylic acids is 1. The third-order valence-electron chi connectivity index (χ3n) is 5.16. The van der Waals surface area contributed by atoms with E-state index in [0.717, 1.165) is 31.6 Å².